The van der Waals surface area contributed by atoms with E-state index in [0.29, 0.717) is 11.1 Å². The molecule has 2 nitrogen and oxygen atoms in total. The van der Waals surface area contributed by atoms with Gasteiger partial charge in [-0.25, -0.2) is 0 Å². The molecular weight excluding hydrogens is 208 g/mol. The first-order valence-corrected chi connectivity index (χ1v) is 5.58. The largest absolute Gasteiger partial charge is 0.263 e. The number of hydrogen-bond acceptors (Lipinski definition) is 1. The molecule has 15 heavy (non-hydrogen) atoms. The third-order valence-corrected chi connectivity index (χ3v) is 2.68. The van der Waals surface area contributed by atoms with E-state index in [9.17, 15) is 0 Å². The first kappa shape index (κ1) is 10.5. The molecule has 0 aliphatic rings. The normalized spacial score (nSPS) is 11.5. The third-order valence-electron chi connectivity index (χ3n) is 2.40. The molecule has 0 spiro atoms. The molecule has 3 heteroatoms. The van der Waals surface area contributed by atoms with Gasteiger partial charge in [0.05, 0.1) is 5.52 Å². The Kier molecular flexibility index (Phi) is 2.70. The van der Waals surface area contributed by atoms with Crippen LogP contribution in [0.3, 0.4) is 0 Å². The highest BCUT2D eigenvalue weighted by molar-refractivity contribution is 6.34. The number of fused-ring (bicyclic) bond motifs is 1. The molecule has 2 aromatic rings. The maximum Gasteiger partial charge on any atom is 0.158 e. The maximum atomic E-state index is 6.08. The van der Waals surface area contributed by atoms with Crippen LogP contribution in [-0.4, -0.2) is 9.78 Å². The van der Waals surface area contributed by atoms with E-state index >= 15 is 0 Å². The molecule has 0 bridgehead atoms. The summed E-state index contributed by atoms with van der Waals surface area (Å²) < 4.78 is 2.00. The quantitative estimate of drug-likeness (QED) is 0.759. The van der Waals surface area contributed by atoms with Crippen molar-refractivity contribution in [2.24, 2.45) is 5.92 Å². The topological polar surface area (TPSA) is 17.8 Å². The van der Waals surface area contributed by atoms with E-state index < -0.39 is 0 Å². The molecule has 0 saturated heterocycles. The highest BCUT2D eigenvalue weighted by Gasteiger charge is 2.09. The third kappa shape index (κ3) is 2.00. The van der Waals surface area contributed by atoms with Crippen molar-refractivity contribution >= 4 is 22.5 Å². The molecule has 1 aromatic carbocycles. The molecule has 80 valence electrons. The molecular formula is C12H15ClN2. The zero-order valence-corrected chi connectivity index (χ0v) is 10.0. The Morgan fingerprint density at radius 1 is 1.40 bits per heavy atom. The molecule has 2 rings (SSSR count). The minimum absolute atomic E-state index is 0.574. The summed E-state index contributed by atoms with van der Waals surface area (Å²) in [5, 5.41) is 6.00. The van der Waals surface area contributed by atoms with E-state index in [1.807, 2.05) is 10.7 Å². The van der Waals surface area contributed by atoms with Crippen LogP contribution in [0.5, 0.6) is 0 Å². The zero-order valence-electron chi connectivity index (χ0n) is 9.29. The van der Waals surface area contributed by atoms with Crippen LogP contribution in [0.4, 0.5) is 0 Å². The Morgan fingerprint density at radius 3 is 2.80 bits per heavy atom. The van der Waals surface area contributed by atoms with Gasteiger partial charge in [0, 0.05) is 11.9 Å². The number of benzene rings is 1. The van der Waals surface area contributed by atoms with Gasteiger partial charge < -0.3 is 0 Å². The van der Waals surface area contributed by atoms with Gasteiger partial charge in [0.15, 0.2) is 5.15 Å². The van der Waals surface area contributed by atoms with E-state index in [2.05, 4.69) is 38.0 Å². The van der Waals surface area contributed by atoms with Crippen LogP contribution in [0, 0.1) is 12.8 Å². The molecule has 0 fully saturated rings. The Morgan fingerprint density at radius 2 is 2.13 bits per heavy atom. The number of halogens is 1. The number of aromatic nitrogens is 2. The van der Waals surface area contributed by atoms with Crippen molar-refractivity contribution in [3.63, 3.8) is 0 Å². The average Bonchev–Trinajstić information content (AvgIpc) is 2.42. The summed E-state index contributed by atoms with van der Waals surface area (Å²) in [4.78, 5) is 0. The van der Waals surface area contributed by atoms with Crippen molar-refractivity contribution in [2.45, 2.75) is 27.3 Å². The summed E-state index contributed by atoms with van der Waals surface area (Å²) >= 11 is 6.08. The minimum Gasteiger partial charge on any atom is -0.263 e. The number of hydrogen-bond donors (Lipinski definition) is 0. The minimum atomic E-state index is 0.574. The van der Waals surface area contributed by atoms with Crippen molar-refractivity contribution in [1.29, 1.82) is 0 Å². The summed E-state index contributed by atoms with van der Waals surface area (Å²) in [5.74, 6) is 0.574. The van der Waals surface area contributed by atoms with Gasteiger partial charge in [-0.1, -0.05) is 31.5 Å². The van der Waals surface area contributed by atoms with Crippen LogP contribution in [0.15, 0.2) is 18.2 Å². The fraction of sp³-hybridized carbons (Fsp3) is 0.417. The van der Waals surface area contributed by atoms with E-state index in [1.165, 1.54) is 5.56 Å². The van der Waals surface area contributed by atoms with Crippen LogP contribution in [0.2, 0.25) is 5.15 Å². The van der Waals surface area contributed by atoms with Crippen molar-refractivity contribution in [3.8, 4) is 0 Å². The lowest BCUT2D eigenvalue weighted by atomic mass is 10.2. The number of rotatable bonds is 2. The van der Waals surface area contributed by atoms with Crippen LogP contribution < -0.4 is 0 Å². The molecule has 0 N–H and O–H groups in total. The summed E-state index contributed by atoms with van der Waals surface area (Å²) in [7, 11) is 0. The van der Waals surface area contributed by atoms with Crippen molar-refractivity contribution in [3.05, 3.63) is 28.9 Å². The summed E-state index contributed by atoms with van der Waals surface area (Å²) in [5.41, 5.74) is 2.37. The van der Waals surface area contributed by atoms with E-state index in [4.69, 9.17) is 11.6 Å². The first-order valence-electron chi connectivity index (χ1n) is 5.20. The van der Waals surface area contributed by atoms with Gasteiger partial charge in [-0.05, 0) is 30.5 Å². The molecule has 0 aliphatic heterocycles. The monoisotopic (exact) mass is 222 g/mol. The summed E-state index contributed by atoms with van der Waals surface area (Å²) in [6.07, 6.45) is 0. The lowest BCUT2D eigenvalue weighted by molar-refractivity contribution is 0.495. The highest BCUT2D eigenvalue weighted by Crippen LogP contribution is 2.24. The molecule has 0 saturated carbocycles. The van der Waals surface area contributed by atoms with Gasteiger partial charge in [0.25, 0.3) is 0 Å². The number of aryl methyl sites for hydroxylation is 1. The SMILES string of the molecule is Cc1ccc2c(Cl)nn(CC(C)C)c2c1. The Bertz CT molecular complexity index is 486. The van der Waals surface area contributed by atoms with Crippen molar-refractivity contribution in [1.82, 2.24) is 9.78 Å². The molecule has 0 atom stereocenters. The lowest BCUT2D eigenvalue weighted by Gasteiger charge is -2.06. The van der Waals surface area contributed by atoms with Crippen LogP contribution in [0.1, 0.15) is 19.4 Å². The Hall–Kier alpha value is -1.02. The molecule has 0 radical (unpaired) electrons. The standard InChI is InChI=1S/C12H15ClN2/c1-8(2)7-15-11-6-9(3)4-5-10(11)12(13)14-15/h4-6,8H,7H2,1-3H3. The second kappa shape index (κ2) is 3.86. The van der Waals surface area contributed by atoms with Crippen molar-refractivity contribution in [2.75, 3.05) is 0 Å². The Labute approximate surface area is 94.8 Å². The van der Waals surface area contributed by atoms with E-state index in [-0.39, 0.29) is 0 Å². The van der Waals surface area contributed by atoms with Gasteiger partial charge in [0.2, 0.25) is 0 Å². The van der Waals surface area contributed by atoms with Gasteiger partial charge in [-0.3, -0.25) is 4.68 Å². The Balaban J connectivity index is 2.59. The van der Waals surface area contributed by atoms with E-state index in [0.717, 1.165) is 17.4 Å². The maximum absolute atomic E-state index is 6.08. The second-order valence-corrected chi connectivity index (χ2v) is 4.75. The molecule has 1 aromatic heterocycles. The van der Waals surface area contributed by atoms with E-state index in [1.54, 1.807) is 0 Å². The number of nitrogens with zero attached hydrogens (tertiary/aromatic N) is 2. The molecule has 0 amide bonds. The van der Waals surface area contributed by atoms with Gasteiger partial charge in [0.1, 0.15) is 0 Å². The smallest absolute Gasteiger partial charge is 0.158 e. The van der Waals surface area contributed by atoms with Gasteiger partial charge in [-0.15, -0.1) is 0 Å². The summed E-state index contributed by atoms with van der Waals surface area (Å²) in [6, 6.07) is 6.24. The predicted octanol–water partition coefficient (Wildman–Crippen LogP) is 3.65. The van der Waals surface area contributed by atoms with Crippen LogP contribution in [-0.2, 0) is 6.54 Å². The van der Waals surface area contributed by atoms with Crippen molar-refractivity contribution < 1.29 is 0 Å². The fourth-order valence-electron chi connectivity index (χ4n) is 1.73. The summed E-state index contributed by atoms with van der Waals surface area (Å²) in [6.45, 7) is 7.35. The van der Waals surface area contributed by atoms with Crippen LogP contribution in [0.25, 0.3) is 10.9 Å². The van der Waals surface area contributed by atoms with Gasteiger partial charge in [-0.2, -0.15) is 5.10 Å². The fourth-order valence-corrected chi connectivity index (χ4v) is 1.98. The predicted molar refractivity (Wildman–Crippen MR) is 64.3 cm³/mol. The lowest BCUT2D eigenvalue weighted by Crippen LogP contribution is -2.05. The molecule has 1 heterocycles. The first-order chi connectivity index (χ1) is 7.08. The van der Waals surface area contributed by atoms with Gasteiger partial charge >= 0.3 is 0 Å². The molecule has 0 unspecified atom stereocenters. The van der Waals surface area contributed by atoms with Crippen LogP contribution >= 0.6 is 11.6 Å². The second-order valence-electron chi connectivity index (χ2n) is 4.39. The highest BCUT2D eigenvalue weighted by atomic mass is 35.5. The zero-order chi connectivity index (χ0) is 11.0. The average molecular weight is 223 g/mol. The molecule has 0 aliphatic carbocycles.